The Balaban J connectivity index is 2.87. The Morgan fingerprint density at radius 2 is 2.00 bits per heavy atom. The van der Waals surface area contributed by atoms with Crippen LogP contribution in [0.3, 0.4) is 0 Å². The molecule has 0 aliphatic carbocycles. The van der Waals surface area contributed by atoms with Crippen LogP contribution in [0, 0.1) is 5.92 Å². The first-order valence-electron chi connectivity index (χ1n) is 5.69. The van der Waals surface area contributed by atoms with Gasteiger partial charge in [0.15, 0.2) is 0 Å². The summed E-state index contributed by atoms with van der Waals surface area (Å²) in [6.07, 6.45) is 0. The zero-order chi connectivity index (χ0) is 12.9. The van der Waals surface area contributed by atoms with Gasteiger partial charge in [-0.25, -0.2) is 13.1 Å². The predicted molar refractivity (Wildman–Crippen MR) is 69.2 cm³/mol. The summed E-state index contributed by atoms with van der Waals surface area (Å²) in [5, 5.41) is 3.00. The van der Waals surface area contributed by atoms with Gasteiger partial charge in [-0.1, -0.05) is 26.0 Å². The van der Waals surface area contributed by atoms with Crippen LogP contribution in [0.5, 0.6) is 0 Å². The van der Waals surface area contributed by atoms with Crippen molar-refractivity contribution in [1.29, 1.82) is 0 Å². The standard InChI is InChI=1S/C12H20N2O2S/c1-10(2)8-14-17(15,16)12-6-4-5-11(7-12)9-13-3/h4-7,10,13-14H,8-9H2,1-3H3. The van der Waals surface area contributed by atoms with E-state index in [9.17, 15) is 8.42 Å². The zero-order valence-corrected chi connectivity index (χ0v) is 11.3. The fraction of sp³-hybridized carbons (Fsp3) is 0.500. The molecule has 1 aromatic rings. The molecule has 0 radical (unpaired) electrons. The van der Waals surface area contributed by atoms with Crippen LogP contribution in [0.25, 0.3) is 0 Å². The Labute approximate surface area is 103 Å². The zero-order valence-electron chi connectivity index (χ0n) is 10.5. The van der Waals surface area contributed by atoms with E-state index in [-0.39, 0.29) is 0 Å². The van der Waals surface area contributed by atoms with Crippen molar-refractivity contribution in [2.45, 2.75) is 25.3 Å². The maximum absolute atomic E-state index is 12.0. The molecule has 0 amide bonds. The largest absolute Gasteiger partial charge is 0.316 e. The highest BCUT2D eigenvalue weighted by Gasteiger charge is 2.14. The van der Waals surface area contributed by atoms with Gasteiger partial charge in [-0.15, -0.1) is 0 Å². The highest BCUT2D eigenvalue weighted by atomic mass is 32.2. The molecule has 0 aromatic heterocycles. The SMILES string of the molecule is CNCc1cccc(S(=O)(=O)NCC(C)C)c1. The summed E-state index contributed by atoms with van der Waals surface area (Å²) in [6.45, 7) is 5.06. The fourth-order valence-electron chi connectivity index (χ4n) is 1.39. The molecule has 0 bridgehead atoms. The third-order valence-corrected chi connectivity index (χ3v) is 3.69. The van der Waals surface area contributed by atoms with E-state index in [4.69, 9.17) is 0 Å². The average Bonchev–Trinajstić information content (AvgIpc) is 2.27. The van der Waals surface area contributed by atoms with Gasteiger partial charge in [-0.05, 0) is 30.7 Å². The van der Waals surface area contributed by atoms with Crippen LogP contribution in [0.1, 0.15) is 19.4 Å². The first-order chi connectivity index (χ1) is 7.95. The second-order valence-electron chi connectivity index (χ2n) is 4.42. The lowest BCUT2D eigenvalue weighted by atomic mass is 10.2. The minimum Gasteiger partial charge on any atom is -0.316 e. The normalized spacial score (nSPS) is 12.0. The van der Waals surface area contributed by atoms with Crippen molar-refractivity contribution in [2.75, 3.05) is 13.6 Å². The van der Waals surface area contributed by atoms with E-state index >= 15 is 0 Å². The lowest BCUT2D eigenvalue weighted by molar-refractivity contribution is 0.560. The lowest BCUT2D eigenvalue weighted by Crippen LogP contribution is -2.27. The monoisotopic (exact) mass is 256 g/mol. The lowest BCUT2D eigenvalue weighted by Gasteiger charge is -2.09. The van der Waals surface area contributed by atoms with Crippen LogP contribution in [-0.2, 0) is 16.6 Å². The summed E-state index contributed by atoms with van der Waals surface area (Å²) in [7, 11) is -1.54. The third kappa shape index (κ3) is 4.46. The summed E-state index contributed by atoms with van der Waals surface area (Å²) in [4.78, 5) is 0.325. The fourth-order valence-corrected chi connectivity index (χ4v) is 2.67. The maximum atomic E-state index is 12.0. The van der Waals surface area contributed by atoms with Crippen molar-refractivity contribution < 1.29 is 8.42 Å². The Hall–Kier alpha value is -0.910. The molecule has 5 heteroatoms. The summed E-state index contributed by atoms with van der Waals surface area (Å²) in [5.41, 5.74) is 0.958. The molecule has 0 saturated carbocycles. The predicted octanol–water partition coefficient (Wildman–Crippen LogP) is 1.34. The molecule has 0 aliphatic rings. The number of hydrogen-bond donors (Lipinski definition) is 2. The summed E-state index contributed by atoms with van der Waals surface area (Å²) in [5.74, 6) is 0.297. The molecule has 0 fully saturated rings. The van der Waals surface area contributed by atoms with E-state index in [1.807, 2.05) is 27.0 Å². The molecular formula is C12H20N2O2S. The van der Waals surface area contributed by atoms with Crippen LogP contribution in [-0.4, -0.2) is 22.0 Å². The number of rotatable bonds is 6. The quantitative estimate of drug-likeness (QED) is 0.807. The second kappa shape index (κ2) is 6.14. The molecule has 0 heterocycles. The van der Waals surface area contributed by atoms with Gasteiger partial charge in [0.2, 0.25) is 10.0 Å². The molecule has 0 atom stereocenters. The molecule has 2 N–H and O–H groups in total. The number of benzene rings is 1. The molecule has 17 heavy (non-hydrogen) atoms. The smallest absolute Gasteiger partial charge is 0.240 e. The van der Waals surface area contributed by atoms with Crippen LogP contribution >= 0.6 is 0 Å². The summed E-state index contributed by atoms with van der Waals surface area (Å²) in [6, 6.07) is 6.97. The molecule has 0 aliphatic heterocycles. The van der Waals surface area contributed by atoms with Gasteiger partial charge in [0, 0.05) is 13.1 Å². The number of sulfonamides is 1. The van der Waals surface area contributed by atoms with Crippen molar-refractivity contribution in [3.63, 3.8) is 0 Å². The molecule has 96 valence electrons. The van der Waals surface area contributed by atoms with Gasteiger partial charge in [0.25, 0.3) is 0 Å². The van der Waals surface area contributed by atoms with Crippen LogP contribution < -0.4 is 10.0 Å². The first-order valence-corrected chi connectivity index (χ1v) is 7.17. The van der Waals surface area contributed by atoms with Crippen molar-refractivity contribution >= 4 is 10.0 Å². The Morgan fingerprint density at radius 1 is 1.29 bits per heavy atom. The third-order valence-electron chi connectivity index (χ3n) is 2.27. The van der Waals surface area contributed by atoms with E-state index in [0.717, 1.165) is 5.56 Å². The van der Waals surface area contributed by atoms with Crippen molar-refractivity contribution in [3.8, 4) is 0 Å². The van der Waals surface area contributed by atoms with Gasteiger partial charge >= 0.3 is 0 Å². The van der Waals surface area contributed by atoms with Gasteiger partial charge in [0.1, 0.15) is 0 Å². The average molecular weight is 256 g/mol. The van der Waals surface area contributed by atoms with Crippen molar-refractivity contribution in [1.82, 2.24) is 10.0 Å². The number of hydrogen-bond acceptors (Lipinski definition) is 3. The van der Waals surface area contributed by atoms with Crippen LogP contribution in [0.15, 0.2) is 29.2 Å². The first kappa shape index (κ1) is 14.2. The highest BCUT2D eigenvalue weighted by Crippen LogP contribution is 2.11. The Kier molecular flexibility index (Phi) is 5.11. The van der Waals surface area contributed by atoms with E-state index in [2.05, 4.69) is 10.0 Å². The van der Waals surface area contributed by atoms with E-state index in [0.29, 0.717) is 23.9 Å². The molecule has 0 unspecified atom stereocenters. The molecular weight excluding hydrogens is 236 g/mol. The molecule has 1 aromatic carbocycles. The van der Waals surface area contributed by atoms with Gasteiger partial charge in [0.05, 0.1) is 4.90 Å². The second-order valence-corrected chi connectivity index (χ2v) is 6.19. The summed E-state index contributed by atoms with van der Waals surface area (Å²) >= 11 is 0. The Bertz CT molecular complexity index is 455. The molecule has 1 rings (SSSR count). The van der Waals surface area contributed by atoms with E-state index in [1.54, 1.807) is 18.2 Å². The van der Waals surface area contributed by atoms with Crippen molar-refractivity contribution in [2.24, 2.45) is 5.92 Å². The minimum absolute atomic E-state index is 0.297. The van der Waals surface area contributed by atoms with E-state index < -0.39 is 10.0 Å². The maximum Gasteiger partial charge on any atom is 0.240 e. The van der Waals surface area contributed by atoms with Gasteiger partial charge < -0.3 is 5.32 Å². The van der Waals surface area contributed by atoms with Crippen LogP contribution in [0.4, 0.5) is 0 Å². The minimum atomic E-state index is -3.37. The topological polar surface area (TPSA) is 58.2 Å². The molecule has 0 saturated heterocycles. The van der Waals surface area contributed by atoms with Crippen LogP contribution in [0.2, 0.25) is 0 Å². The van der Waals surface area contributed by atoms with E-state index in [1.165, 1.54) is 0 Å². The molecule has 4 nitrogen and oxygen atoms in total. The number of nitrogens with one attached hydrogen (secondary N) is 2. The van der Waals surface area contributed by atoms with Gasteiger partial charge in [-0.2, -0.15) is 0 Å². The van der Waals surface area contributed by atoms with Gasteiger partial charge in [-0.3, -0.25) is 0 Å². The summed E-state index contributed by atoms with van der Waals surface area (Å²) < 4.78 is 26.5. The van der Waals surface area contributed by atoms with Crippen molar-refractivity contribution in [3.05, 3.63) is 29.8 Å². The Morgan fingerprint density at radius 3 is 2.59 bits per heavy atom. The highest BCUT2D eigenvalue weighted by molar-refractivity contribution is 7.89. The molecule has 0 spiro atoms.